The summed E-state index contributed by atoms with van der Waals surface area (Å²) in [7, 11) is 0. The highest BCUT2D eigenvalue weighted by atomic mass is 19.1. The monoisotopic (exact) mass is 525 g/mol. The van der Waals surface area contributed by atoms with Crippen molar-refractivity contribution in [3.63, 3.8) is 0 Å². The van der Waals surface area contributed by atoms with Crippen LogP contribution in [0.3, 0.4) is 0 Å². The third-order valence-corrected chi connectivity index (χ3v) is 8.58. The molecule has 1 aliphatic carbocycles. The lowest BCUT2D eigenvalue weighted by molar-refractivity contribution is 0.0671. The van der Waals surface area contributed by atoms with Crippen LogP contribution in [0.5, 0.6) is 0 Å². The van der Waals surface area contributed by atoms with Crippen LogP contribution in [0.25, 0.3) is 16.9 Å². The molecule has 39 heavy (non-hydrogen) atoms. The van der Waals surface area contributed by atoms with Gasteiger partial charge in [0.25, 0.3) is 5.91 Å². The van der Waals surface area contributed by atoms with Crippen LogP contribution in [0.4, 0.5) is 10.1 Å². The molecule has 7 rings (SSSR count). The number of carbonyl (C=O) groups is 1. The van der Waals surface area contributed by atoms with Gasteiger partial charge in [0.1, 0.15) is 11.5 Å². The minimum Gasteiger partial charge on any atom is -0.393 e. The zero-order valence-corrected chi connectivity index (χ0v) is 22.1. The number of piperidine rings is 1. The molecule has 2 aromatic carbocycles. The Morgan fingerprint density at radius 1 is 1.00 bits per heavy atom. The summed E-state index contributed by atoms with van der Waals surface area (Å²) in [5.74, 6) is -0.0885. The van der Waals surface area contributed by atoms with E-state index in [4.69, 9.17) is 10.1 Å². The zero-order chi connectivity index (χ0) is 26.7. The van der Waals surface area contributed by atoms with Crippen molar-refractivity contribution in [2.45, 2.75) is 57.1 Å². The van der Waals surface area contributed by atoms with Gasteiger partial charge in [-0.1, -0.05) is 24.3 Å². The molecule has 200 valence electrons. The van der Waals surface area contributed by atoms with E-state index in [1.807, 2.05) is 29.2 Å². The molecule has 2 aliphatic heterocycles. The highest BCUT2D eigenvalue weighted by molar-refractivity contribution is 5.93. The van der Waals surface area contributed by atoms with Crippen molar-refractivity contribution in [1.82, 2.24) is 19.5 Å². The summed E-state index contributed by atoms with van der Waals surface area (Å²) < 4.78 is 17.2. The molecule has 0 unspecified atom stereocenters. The summed E-state index contributed by atoms with van der Waals surface area (Å²) in [5.41, 5.74) is 6.16. The van der Waals surface area contributed by atoms with Crippen molar-refractivity contribution in [3.8, 4) is 11.3 Å². The Balaban J connectivity index is 1.22. The lowest BCUT2D eigenvalue weighted by atomic mass is 9.93. The van der Waals surface area contributed by atoms with Gasteiger partial charge in [-0.2, -0.15) is 5.10 Å². The Kier molecular flexibility index (Phi) is 5.88. The van der Waals surface area contributed by atoms with Crippen molar-refractivity contribution < 1.29 is 14.3 Å². The second kappa shape index (κ2) is 9.45. The number of anilines is 1. The fourth-order valence-corrected chi connectivity index (χ4v) is 6.14. The number of aromatic nitrogens is 3. The van der Waals surface area contributed by atoms with Gasteiger partial charge in [0.05, 0.1) is 17.8 Å². The van der Waals surface area contributed by atoms with Crippen LogP contribution < -0.4 is 4.90 Å². The van der Waals surface area contributed by atoms with E-state index in [2.05, 4.69) is 24.0 Å². The quantitative estimate of drug-likeness (QED) is 0.400. The third-order valence-electron chi connectivity index (χ3n) is 8.58. The van der Waals surface area contributed by atoms with Crippen LogP contribution in [0.2, 0.25) is 0 Å². The number of hydrogen-bond acceptors (Lipinski definition) is 5. The maximum atomic E-state index is 15.4. The maximum Gasteiger partial charge on any atom is 0.273 e. The molecule has 1 saturated carbocycles. The molecule has 2 aromatic heterocycles. The molecule has 1 N–H and O–H groups in total. The van der Waals surface area contributed by atoms with E-state index in [9.17, 15) is 9.90 Å². The smallest absolute Gasteiger partial charge is 0.273 e. The largest absolute Gasteiger partial charge is 0.393 e. The number of carbonyl (C=O) groups excluding carboxylic acids is 1. The lowest BCUT2D eigenvalue weighted by Gasteiger charge is -2.35. The van der Waals surface area contributed by atoms with E-state index in [1.165, 1.54) is 11.1 Å². The number of benzene rings is 2. The van der Waals surface area contributed by atoms with Crippen LogP contribution in [0, 0.1) is 5.82 Å². The summed E-state index contributed by atoms with van der Waals surface area (Å²) in [5, 5.41) is 14.6. The van der Waals surface area contributed by atoms with Crippen molar-refractivity contribution in [3.05, 3.63) is 82.9 Å². The Labute approximate surface area is 226 Å². The first-order chi connectivity index (χ1) is 19.0. The van der Waals surface area contributed by atoms with Crippen molar-refractivity contribution in [1.29, 1.82) is 0 Å². The van der Waals surface area contributed by atoms with Crippen molar-refractivity contribution in [2.75, 3.05) is 24.5 Å². The maximum absolute atomic E-state index is 15.4. The molecular weight excluding hydrogens is 493 g/mol. The van der Waals surface area contributed by atoms with Gasteiger partial charge in [0, 0.05) is 48.6 Å². The zero-order valence-electron chi connectivity index (χ0n) is 22.1. The van der Waals surface area contributed by atoms with Gasteiger partial charge >= 0.3 is 0 Å². The van der Waals surface area contributed by atoms with Gasteiger partial charge < -0.3 is 14.9 Å². The molecule has 1 atom stereocenters. The predicted molar refractivity (Wildman–Crippen MR) is 147 cm³/mol. The SMILES string of the molecule is C[C@@H]1c2ccccc2CCN1C(=O)c1cc(C2CC2)n2nc(-c3ccc(N4CCC(O)CC4)cc3F)cc2n1. The van der Waals surface area contributed by atoms with E-state index in [0.29, 0.717) is 61.0 Å². The number of halogens is 1. The van der Waals surface area contributed by atoms with Crippen LogP contribution in [-0.4, -0.2) is 56.2 Å². The third kappa shape index (κ3) is 4.36. The molecule has 1 amide bonds. The van der Waals surface area contributed by atoms with Gasteiger partial charge in [-0.05, 0) is 74.4 Å². The van der Waals surface area contributed by atoms with Crippen LogP contribution >= 0.6 is 0 Å². The minimum atomic E-state index is -0.341. The summed E-state index contributed by atoms with van der Waals surface area (Å²) in [6.45, 7) is 4.15. The van der Waals surface area contributed by atoms with E-state index < -0.39 is 0 Å². The molecule has 7 nitrogen and oxygen atoms in total. The molecule has 8 heteroatoms. The van der Waals surface area contributed by atoms with Crippen molar-refractivity contribution in [2.24, 2.45) is 0 Å². The predicted octanol–water partition coefficient (Wildman–Crippen LogP) is 5.13. The highest BCUT2D eigenvalue weighted by Gasteiger charge is 2.32. The topological polar surface area (TPSA) is 74.0 Å². The lowest BCUT2D eigenvalue weighted by Crippen LogP contribution is -2.39. The first-order valence-electron chi connectivity index (χ1n) is 14.0. The summed E-state index contributed by atoms with van der Waals surface area (Å²) in [4.78, 5) is 22.5. The van der Waals surface area contributed by atoms with E-state index in [1.54, 1.807) is 22.7 Å². The molecule has 1 saturated heterocycles. The molecule has 0 bridgehead atoms. The fourth-order valence-electron chi connectivity index (χ4n) is 6.14. The average Bonchev–Trinajstić information content (AvgIpc) is 3.71. The number of rotatable bonds is 4. The number of hydrogen-bond donors (Lipinski definition) is 1. The number of amides is 1. The van der Waals surface area contributed by atoms with Gasteiger partial charge in [-0.15, -0.1) is 0 Å². The standard InChI is InChI=1S/C31H32FN5O2/c1-19-24-5-3-2-4-20(24)10-15-36(19)31(39)28-17-29(21-6-7-21)37-30(33-28)18-27(34-37)25-9-8-22(16-26(25)32)35-13-11-23(38)12-14-35/h2-5,8-9,16-19,21,23,38H,6-7,10-15H2,1H3/t19-/m1/s1. The summed E-state index contributed by atoms with van der Waals surface area (Å²) >= 11 is 0. The number of aliphatic hydroxyl groups excluding tert-OH is 1. The molecule has 0 radical (unpaired) electrons. The van der Waals surface area contributed by atoms with E-state index >= 15 is 4.39 Å². The van der Waals surface area contributed by atoms with Crippen LogP contribution in [0.15, 0.2) is 54.6 Å². The summed E-state index contributed by atoms with van der Waals surface area (Å²) in [6.07, 6.45) is 4.02. The van der Waals surface area contributed by atoms with Gasteiger partial charge in [0.2, 0.25) is 0 Å². The molecular formula is C31H32FN5O2. The Hall–Kier alpha value is -3.78. The normalized spacial score (nSPS) is 19.9. The number of aliphatic hydroxyl groups is 1. The van der Waals surface area contributed by atoms with E-state index in [-0.39, 0.29) is 23.9 Å². The Bertz CT molecular complexity index is 1570. The summed E-state index contributed by atoms with van der Waals surface area (Å²) in [6, 6.07) is 17.2. The second-order valence-electron chi connectivity index (χ2n) is 11.1. The minimum absolute atomic E-state index is 0.0268. The second-order valence-corrected chi connectivity index (χ2v) is 11.1. The van der Waals surface area contributed by atoms with Crippen LogP contribution in [0.1, 0.15) is 71.9 Å². The fraction of sp³-hybridized carbons (Fsp3) is 0.387. The molecule has 0 spiro atoms. The Morgan fingerprint density at radius 3 is 2.56 bits per heavy atom. The first-order valence-corrected chi connectivity index (χ1v) is 14.0. The number of nitrogens with zero attached hydrogens (tertiary/aromatic N) is 5. The van der Waals surface area contributed by atoms with Crippen LogP contribution in [-0.2, 0) is 6.42 Å². The average molecular weight is 526 g/mol. The molecule has 3 aliphatic rings. The first kappa shape index (κ1) is 24.3. The van der Waals surface area contributed by atoms with Gasteiger partial charge in [0.15, 0.2) is 5.65 Å². The van der Waals surface area contributed by atoms with Crippen molar-refractivity contribution >= 4 is 17.2 Å². The Morgan fingerprint density at radius 2 is 1.79 bits per heavy atom. The molecule has 4 heterocycles. The van der Waals surface area contributed by atoms with Gasteiger partial charge in [-0.3, -0.25) is 4.79 Å². The number of fused-ring (bicyclic) bond motifs is 2. The molecule has 2 fully saturated rings. The van der Waals surface area contributed by atoms with Gasteiger partial charge in [-0.25, -0.2) is 13.9 Å². The van der Waals surface area contributed by atoms with E-state index in [0.717, 1.165) is 30.6 Å². The molecule has 4 aromatic rings. The highest BCUT2D eigenvalue weighted by Crippen LogP contribution is 2.41.